The van der Waals surface area contributed by atoms with Crippen LogP contribution < -0.4 is 4.90 Å². The first kappa shape index (κ1) is 20.4. The number of carbonyl (C=O) groups is 1. The summed E-state index contributed by atoms with van der Waals surface area (Å²) in [7, 11) is 0. The molecule has 0 bridgehead atoms. The van der Waals surface area contributed by atoms with Crippen LogP contribution in [0.5, 0.6) is 0 Å². The third kappa shape index (κ3) is 5.18. The van der Waals surface area contributed by atoms with Crippen molar-refractivity contribution >= 4 is 27.5 Å². The van der Waals surface area contributed by atoms with Crippen LogP contribution in [0.3, 0.4) is 0 Å². The standard InChI is InChI=1S/C23H28BrN3O2/c1-18-3-2-4-21(15-18)26-9-11-27(12-10-26)23(28)17-25-13-14-29-22(16-25)19-5-7-20(24)8-6-19/h2-8,15,22H,9-14,16-17H2,1H3. The molecule has 0 aromatic heterocycles. The molecule has 0 radical (unpaired) electrons. The molecule has 0 spiro atoms. The largest absolute Gasteiger partial charge is 0.371 e. The van der Waals surface area contributed by atoms with E-state index in [1.807, 2.05) is 17.0 Å². The molecular weight excluding hydrogens is 430 g/mol. The monoisotopic (exact) mass is 457 g/mol. The predicted molar refractivity (Wildman–Crippen MR) is 119 cm³/mol. The zero-order valence-corrected chi connectivity index (χ0v) is 18.5. The third-order valence-electron chi connectivity index (χ3n) is 5.75. The van der Waals surface area contributed by atoms with Gasteiger partial charge in [-0.25, -0.2) is 0 Å². The van der Waals surface area contributed by atoms with Gasteiger partial charge in [-0.1, -0.05) is 40.2 Å². The van der Waals surface area contributed by atoms with E-state index in [9.17, 15) is 4.79 Å². The van der Waals surface area contributed by atoms with Gasteiger partial charge in [0.25, 0.3) is 0 Å². The highest BCUT2D eigenvalue weighted by Crippen LogP contribution is 2.24. The highest BCUT2D eigenvalue weighted by molar-refractivity contribution is 9.10. The molecular formula is C23H28BrN3O2. The second-order valence-electron chi connectivity index (χ2n) is 7.85. The summed E-state index contributed by atoms with van der Waals surface area (Å²) in [6, 6.07) is 16.8. The summed E-state index contributed by atoms with van der Waals surface area (Å²) in [6.45, 7) is 8.17. The van der Waals surface area contributed by atoms with Gasteiger partial charge in [0, 0.05) is 49.4 Å². The van der Waals surface area contributed by atoms with E-state index in [4.69, 9.17) is 4.74 Å². The van der Waals surface area contributed by atoms with Crippen molar-refractivity contribution in [1.82, 2.24) is 9.80 Å². The maximum atomic E-state index is 12.9. The van der Waals surface area contributed by atoms with Gasteiger partial charge >= 0.3 is 0 Å². The first-order chi connectivity index (χ1) is 14.1. The number of hydrogen-bond donors (Lipinski definition) is 0. The van der Waals surface area contributed by atoms with E-state index in [-0.39, 0.29) is 12.0 Å². The number of aryl methyl sites for hydroxylation is 1. The van der Waals surface area contributed by atoms with Crippen LogP contribution in [0.2, 0.25) is 0 Å². The van der Waals surface area contributed by atoms with E-state index in [1.54, 1.807) is 0 Å². The van der Waals surface area contributed by atoms with Crippen LogP contribution in [0.15, 0.2) is 53.0 Å². The number of benzene rings is 2. The van der Waals surface area contributed by atoms with Gasteiger partial charge in [-0.3, -0.25) is 9.69 Å². The van der Waals surface area contributed by atoms with Crippen LogP contribution in [-0.4, -0.2) is 68.1 Å². The molecule has 2 heterocycles. The Morgan fingerprint density at radius 3 is 2.55 bits per heavy atom. The molecule has 2 aliphatic heterocycles. The molecule has 2 fully saturated rings. The number of ether oxygens (including phenoxy) is 1. The van der Waals surface area contributed by atoms with Crippen molar-refractivity contribution in [3.8, 4) is 0 Å². The SMILES string of the molecule is Cc1cccc(N2CCN(C(=O)CN3CCOC(c4ccc(Br)cc4)C3)CC2)c1. The first-order valence-electron chi connectivity index (χ1n) is 10.3. The number of halogens is 1. The highest BCUT2D eigenvalue weighted by atomic mass is 79.9. The lowest BCUT2D eigenvalue weighted by atomic mass is 10.1. The quantitative estimate of drug-likeness (QED) is 0.703. The molecule has 4 rings (SSSR count). The van der Waals surface area contributed by atoms with Crippen molar-refractivity contribution in [3.63, 3.8) is 0 Å². The fourth-order valence-electron chi connectivity index (χ4n) is 4.06. The lowest BCUT2D eigenvalue weighted by Gasteiger charge is -2.38. The average Bonchev–Trinajstić information content (AvgIpc) is 2.74. The van der Waals surface area contributed by atoms with E-state index < -0.39 is 0 Å². The van der Waals surface area contributed by atoms with Crippen LogP contribution in [-0.2, 0) is 9.53 Å². The fourth-order valence-corrected chi connectivity index (χ4v) is 4.32. The molecule has 5 nitrogen and oxygen atoms in total. The van der Waals surface area contributed by atoms with Crippen LogP contribution in [0.25, 0.3) is 0 Å². The molecule has 2 aromatic rings. The Morgan fingerprint density at radius 1 is 1.07 bits per heavy atom. The van der Waals surface area contributed by atoms with Crippen LogP contribution in [0.1, 0.15) is 17.2 Å². The van der Waals surface area contributed by atoms with Crippen molar-refractivity contribution in [2.75, 3.05) is 57.3 Å². The Morgan fingerprint density at radius 2 is 1.83 bits per heavy atom. The molecule has 1 atom stereocenters. The van der Waals surface area contributed by atoms with Crippen molar-refractivity contribution < 1.29 is 9.53 Å². The minimum atomic E-state index is 0.0304. The zero-order valence-electron chi connectivity index (χ0n) is 16.9. The molecule has 2 aromatic carbocycles. The summed E-state index contributed by atoms with van der Waals surface area (Å²) in [6.07, 6.45) is 0.0304. The molecule has 1 unspecified atom stereocenters. The summed E-state index contributed by atoms with van der Waals surface area (Å²) < 4.78 is 7.01. The van der Waals surface area contributed by atoms with E-state index in [0.717, 1.165) is 49.3 Å². The van der Waals surface area contributed by atoms with E-state index >= 15 is 0 Å². The van der Waals surface area contributed by atoms with Gasteiger partial charge in [0.2, 0.25) is 5.91 Å². The van der Waals surface area contributed by atoms with E-state index in [1.165, 1.54) is 11.3 Å². The number of amides is 1. The maximum absolute atomic E-state index is 12.9. The molecule has 1 amide bonds. The van der Waals surface area contributed by atoms with Gasteiger partial charge in [-0.15, -0.1) is 0 Å². The molecule has 6 heteroatoms. The predicted octanol–water partition coefficient (Wildman–Crippen LogP) is 3.48. The van der Waals surface area contributed by atoms with Crippen molar-refractivity contribution in [2.45, 2.75) is 13.0 Å². The Kier molecular flexibility index (Phi) is 6.53. The number of anilines is 1. The fraction of sp³-hybridized carbons (Fsp3) is 0.435. The van der Waals surface area contributed by atoms with Gasteiger partial charge in [-0.2, -0.15) is 0 Å². The molecule has 2 aliphatic rings. The maximum Gasteiger partial charge on any atom is 0.236 e. The van der Waals surface area contributed by atoms with Gasteiger partial charge in [0.15, 0.2) is 0 Å². The second kappa shape index (κ2) is 9.28. The number of piperazine rings is 1. The summed E-state index contributed by atoms with van der Waals surface area (Å²) >= 11 is 3.48. The van der Waals surface area contributed by atoms with E-state index in [2.05, 4.69) is 69.1 Å². The average molecular weight is 458 g/mol. The topological polar surface area (TPSA) is 36.0 Å². The normalized spacial score (nSPS) is 20.7. The number of nitrogens with zero attached hydrogens (tertiary/aromatic N) is 3. The van der Waals surface area contributed by atoms with Gasteiger partial charge in [0.05, 0.1) is 19.3 Å². The van der Waals surface area contributed by atoms with Crippen molar-refractivity contribution in [1.29, 1.82) is 0 Å². The number of carbonyl (C=O) groups excluding carboxylic acids is 1. The zero-order chi connectivity index (χ0) is 20.2. The lowest BCUT2D eigenvalue weighted by Crippen LogP contribution is -2.52. The number of morpholine rings is 1. The van der Waals surface area contributed by atoms with Gasteiger partial charge in [-0.05, 0) is 42.3 Å². The van der Waals surface area contributed by atoms with Gasteiger partial charge in [0.1, 0.15) is 0 Å². The number of rotatable bonds is 4. The Bertz CT molecular complexity index is 834. The van der Waals surface area contributed by atoms with Crippen molar-refractivity contribution in [3.05, 3.63) is 64.1 Å². The minimum absolute atomic E-state index is 0.0304. The van der Waals surface area contributed by atoms with Crippen LogP contribution >= 0.6 is 15.9 Å². The number of hydrogen-bond acceptors (Lipinski definition) is 4. The van der Waals surface area contributed by atoms with Crippen molar-refractivity contribution in [2.24, 2.45) is 0 Å². The molecule has 2 saturated heterocycles. The first-order valence-corrected chi connectivity index (χ1v) is 11.1. The minimum Gasteiger partial charge on any atom is -0.371 e. The summed E-state index contributed by atoms with van der Waals surface area (Å²) in [5.41, 5.74) is 3.69. The summed E-state index contributed by atoms with van der Waals surface area (Å²) in [5, 5.41) is 0. The van der Waals surface area contributed by atoms with Crippen LogP contribution in [0, 0.1) is 6.92 Å². The van der Waals surface area contributed by atoms with Gasteiger partial charge < -0.3 is 14.5 Å². The van der Waals surface area contributed by atoms with E-state index in [0.29, 0.717) is 13.2 Å². The molecule has 154 valence electrons. The molecule has 0 N–H and O–H groups in total. The highest BCUT2D eigenvalue weighted by Gasteiger charge is 2.27. The Hall–Kier alpha value is -1.89. The summed E-state index contributed by atoms with van der Waals surface area (Å²) in [4.78, 5) is 19.5. The summed E-state index contributed by atoms with van der Waals surface area (Å²) in [5.74, 6) is 0.227. The molecule has 0 aliphatic carbocycles. The lowest BCUT2D eigenvalue weighted by molar-refractivity contribution is -0.134. The smallest absolute Gasteiger partial charge is 0.236 e. The van der Waals surface area contributed by atoms with Crippen LogP contribution in [0.4, 0.5) is 5.69 Å². The Balaban J connectivity index is 1.29. The second-order valence-corrected chi connectivity index (χ2v) is 8.77. The Labute approximate surface area is 181 Å². The molecule has 29 heavy (non-hydrogen) atoms. The third-order valence-corrected chi connectivity index (χ3v) is 6.28. The molecule has 0 saturated carbocycles.